The lowest BCUT2D eigenvalue weighted by molar-refractivity contribution is -0.577. The molecule has 16 atom stereocenters. The summed E-state index contributed by atoms with van der Waals surface area (Å²) < 4.78 is 34.7. The maximum Gasteiger partial charge on any atom is 0.201 e. The van der Waals surface area contributed by atoms with E-state index in [1.54, 1.807) is 0 Å². The lowest BCUT2D eigenvalue weighted by Crippen LogP contribution is -2.70. The van der Waals surface area contributed by atoms with Gasteiger partial charge in [-0.2, -0.15) is 0 Å². The van der Waals surface area contributed by atoms with E-state index in [9.17, 15) is 0 Å². The van der Waals surface area contributed by atoms with Crippen LogP contribution in [0, 0.1) is 47.3 Å². The number of nitrogens with zero attached hydrogens (tertiary/aromatic N) is 3. The Morgan fingerprint density at radius 1 is 0.739 bits per heavy atom. The summed E-state index contributed by atoms with van der Waals surface area (Å²) in [5, 5.41) is 9.08. The SMILES string of the molecule is C[C@H]1[C@H](OCCc2cn([C@@H]3O[C@@H]4O[C@]5(C)CC[C@H]6[C@H](C)CC[C@@H]([C@H]3C)[C@@]46OO5)nn2)O[C@@H]2O[C@]3(C)CC[C@H]4[C@H](C)CC[C@@H]1[C@@]24OO3. The minimum atomic E-state index is -0.805. The Balaban J connectivity index is 0.887. The monoisotopic (exact) mass is 645 g/mol. The summed E-state index contributed by atoms with van der Waals surface area (Å²) in [6.07, 6.45) is 8.87. The first-order valence-corrected chi connectivity index (χ1v) is 18.0. The van der Waals surface area contributed by atoms with Gasteiger partial charge in [-0.3, -0.25) is 0 Å². The molecule has 10 aliphatic rings. The molecular formula is C34H51N3O9. The van der Waals surface area contributed by atoms with Crippen molar-refractivity contribution in [2.75, 3.05) is 6.61 Å². The predicted octanol–water partition coefficient (Wildman–Crippen LogP) is 5.43. The molecule has 4 bridgehead atoms. The molecular weight excluding hydrogens is 594 g/mol. The second-order valence-corrected chi connectivity index (χ2v) is 16.4. The summed E-state index contributed by atoms with van der Waals surface area (Å²) in [4.78, 5) is 24.5. The minimum absolute atomic E-state index is 0.130. The normalized spacial score (nSPS) is 55.7. The zero-order chi connectivity index (χ0) is 31.6. The maximum atomic E-state index is 6.75. The van der Waals surface area contributed by atoms with Crippen molar-refractivity contribution in [2.45, 2.75) is 147 Å². The van der Waals surface area contributed by atoms with E-state index >= 15 is 0 Å². The highest BCUT2D eigenvalue weighted by atomic mass is 17.3. The Morgan fingerprint density at radius 2 is 1.33 bits per heavy atom. The van der Waals surface area contributed by atoms with E-state index in [0.717, 1.165) is 57.1 Å². The van der Waals surface area contributed by atoms with E-state index in [-0.39, 0.29) is 29.9 Å². The van der Waals surface area contributed by atoms with Crippen LogP contribution in [-0.2, 0) is 49.7 Å². The number of hydrogen-bond acceptors (Lipinski definition) is 11. The molecule has 0 N–H and O–H groups in total. The molecule has 8 saturated heterocycles. The van der Waals surface area contributed by atoms with Gasteiger partial charge in [-0.25, -0.2) is 24.2 Å². The van der Waals surface area contributed by atoms with Crippen molar-refractivity contribution >= 4 is 0 Å². The lowest BCUT2D eigenvalue weighted by atomic mass is 9.58. The summed E-state index contributed by atoms with van der Waals surface area (Å²) in [5.74, 6) is 0.839. The van der Waals surface area contributed by atoms with E-state index in [1.807, 2.05) is 24.7 Å². The molecule has 46 heavy (non-hydrogen) atoms. The lowest BCUT2D eigenvalue weighted by Gasteiger charge is -2.60. The summed E-state index contributed by atoms with van der Waals surface area (Å²) in [6.45, 7) is 13.5. The van der Waals surface area contributed by atoms with Gasteiger partial charge < -0.3 is 23.7 Å². The zero-order valence-corrected chi connectivity index (χ0v) is 28.1. The van der Waals surface area contributed by atoms with Crippen molar-refractivity contribution in [1.29, 1.82) is 0 Å². The van der Waals surface area contributed by atoms with Crippen molar-refractivity contribution in [2.24, 2.45) is 47.3 Å². The molecule has 0 radical (unpaired) electrons. The summed E-state index contributed by atoms with van der Waals surface area (Å²) in [7, 11) is 0. The van der Waals surface area contributed by atoms with Gasteiger partial charge >= 0.3 is 0 Å². The van der Waals surface area contributed by atoms with Gasteiger partial charge in [0.25, 0.3) is 0 Å². The molecule has 2 spiro atoms. The average molecular weight is 646 g/mol. The van der Waals surface area contributed by atoms with Crippen LogP contribution in [0.2, 0.25) is 0 Å². The van der Waals surface area contributed by atoms with Gasteiger partial charge in [-0.15, -0.1) is 5.10 Å². The standard InChI is InChI=1S/C34H51N3O9/c1-18-7-9-25-20(3)27(39-29-33(25)23(18)11-14-31(5,41-29)43-45-33)37-17-22(35-36-37)13-16-38-28-21(4)26-10-8-19(2)24-12-15-32(6)42-30(40-28)34(24,26)46-44-32/h17-21,23-30H,7-16H2,1-6H3/t18-,19-,20-,21-,23+,24+,25+,26+,27-,28-,29-,30-,31+,32+,33-,34-/m1/s1. The molecule has 0 aromatic carbocycles. The van der Waals surface area contributed by atoms with Crippen molar-refractivity contribution in [3.8, 4) is 0 Å². The number of fused-ring (bicyclic) bond motifs is 4. The van der Waals surface area contributed by atoms with Gasteiger partial charge in [0.05, 0.1) is 18.5 Å². The van der Waals surface area contributed by atoms with Gasteiger partial charge in [0.2, 0.25) is 11.6 Å². The third kappa shape index (κ3) is 4.30. The first kappa shape index (κ1) is 30.8. The Labute approximate surface area is 271 Å². The Kier molecular flexibility index (Phi) is 7.13. The van der Waals surface area contributed by atoms with Gasteiger partial charge in [-0.1, -0.05) is 32.9 Å². The van der Waals surface area contributed by atoms with Crippen LogP contribution in [0.1, 0.15) is 105 Å². The quantitative estimate of drug-likeness (QED) is 0.382. The molecule has 1 aromatic heterocycles. The maximum absolute atomic E-state index is 6.75. The van der Waals surface area contributed by atoms with Gasteiger partial charge in [-0.05, 0) is 76.0 Å². The van der Waals surface area contributed by atoms with Gasteiger partial charge in [0, 0.05) is 42.9 Å². The molecule has 8 aliphatic heterocycles. The molecule has 1 aromatic rings. The van der Waals surface area contributed by atoms with E-state index < -0.39 is 41.6 Å². The Morgan fingerprint density at radius 3 is 1.96 bits per heavy atom. The summed E-state index contributed by atoms with van der Waals surface area (Å²) in [5.41, 5.74) is -0.334. The smallest absolute Gasteiger partial charge is 0.201 e. The van der Waals surface area contributed by atoms with Crippen molar-refractivity contribution in [3.05, 3.63) is 11.9 Å². The Bertz CT molecular complexity index is 1330. The van der Waals surface area contributed by atoms with Gasteiger partial charge in [0.15, 0.2) is 36.3 Å². The molecule has 12 heteroatoms. The van der Waals surface area contributed by atoms with Gasteiger partial charge in [0.1, 0.15) is 0 Å². The predicted molar refractivity (Wildman–Crippen MR) is 159 cm³/mol. The third-order valence-corrected chi connectivity index (χ3v) is 13.7. The molecule has 0 unspecified atom stereocenters. The van der Waals surface area contributed by atoms with Crippen molar-refractivity contribution in [1.82, 2.24) is 15.0 Å². The highest BCUT2D eigenvalue weighted by Gasteiger charge is 2.71. The second kappa shape index (κ2) is 10.6. The number of rotatable bonds is 5. The Hall–Kier alpha value is -1.22. The van der Waals surface area contributed by atoms with Crippen LogP contribution in [-0.4, -0.2) is 63.2 Å². The number of aromatic nitrogens is 3. The number of hydrogen-bond donors (Lipinski definition) is 0. The molecule has 2 aliphatic carbocycles. The highest BCUT2D eigenvalue weighted by molar-refractivity contribution is 5.11. The fraction of sp³-hybridized carbons (Fsp3) is 0.941. The zero-order valence-electron chi connectivity index (χ0n) is 28.1. The molecule has 12 nitrogen and oxygen atoms in total. The molecule has 10 fully saturated rings. The fourth-order valence-corrected chi connectivity index (χ4v) is 11.1. The van der Waals surface area contributed by atoms with Crippen LogP contribution in [0.25, 0.3) is 0 Å². The van der Waals surface area contributed by atoms with E-state index in [2.05, 4.69) is 38.0 Å². The fourth-order valence-electron chi connectivity index (χ4n) is 11.1. The van der Waals surface area contributed by atoms with Crippen LogP contribution in [0.3, 0.4) is 0 Å². The number of ether oxygens (including phenoxy) is 5. The molecule has 256 valence electrons. The summed E-state index contributed by atoms with van der Waals surface area (Å²) in [6, 6.07) is 0. The van der Waals surface area contributed by atoms with Crippen LogP contribution >= 0.6 is 0 Å². The van der Waals surface area contributed by atoms with Crippen LogP contribution in [0.4, 0.5) is 0 Å². The van der Waals surface area contributed by atoms with Crippen molar-refractivity contribution in [3.63, 3.8) is 0 Å². The summed E-state index contributed by atoms with van der Waals surface area (Å²) >= 11 is 0. The second-order valence-electron chi connectivity index (χ2n) is 16.4. The molecule has 9 heterocycles. The topological polar surface area (TPSA) is 114 Å². The van der Waals surface area contributed by atoms with E-state index in [4.69, 9.17) is 43.2 Å². The van der Waals surface area contributed by atoms with E-state index in [0.29, 0.717) is 36.7 Å². The largest absolute Gasteiger partial charge is 0.352 e. The van der Waals surface area contributed by atoms with Crippen molar-refractivity contribution < 1.29 is 43.2 Å². The van der Waals surface area contributed by atoms with Crippen LogP contribution in [0.5, 0.6) is 0 Å². The highest BCUT2D eigenvalue weighted by Crippen LogP contribution is 2.63. The molecule has 11 rings (SSSR count). The van der Waals surface area contributed by atoms with Crippen LogP contribution in [0.15, 0.2) is 6.20 Å². The third-order valence-electron chi connectivity index (χ3n) is 13.7. The minimum Gasteiger partial charge on any atom is -0.352 e. The van der Waals surface area contributed by atoms with E-state index in [1.165, 1.54) is 0 Å². The molecule has 0 amide bonds. The van der Waals surface area contributed by atoms with Crippen LogP contribution < -0.4 is 0 Å². The first-order chi connectivity index (χ1) is 22.1. The average Bonchev–Trinajstić information content (AvgIpc) is 3.21. The first-order valence-electron chi connectivity index (χ1n) is 18.0. The molecule has 2 saturated carbocycles.